The highest BCUT2D eigenvalue weighted by Gasteiger charge is 2.00. The maximum atomic E-state index is 3.31. The molecule has 0 unspecified atom stereocenters. The summed E-state index contributed by atoms with van der Waals surface area (Å²) >= 11 is 6.59. The Labute approximate surface area is 65.1 Å². The molecular formula is C5H4Br2N. The SMILES string of the molecule is Br[C]1C=C(Br)C=CN1. The first kappa shape index (κ1) is 6.36. The van der Waals surface area contributed by atoms with Gasteiger partial charge in [0.15, 0.2) is 0 Å². The van der Waals surface area contributed by atoms with Crippen LogP contribution in [-0.2, 0) is 0 Å². The van der Waals surface area contributed by atoms with Gasteiger partial charge in [0.05, 0.1) is 0 Å². The molecule has 0 fully saturated rings. The highest BCUT2D eigenvalue weighted by Crippen LogP contribution is 2.18. The van der Waals surface area contributed by atoms with Crippen molar-refractivity contribution in [3.63, 3.8) is 0 Å². The highest BCUT2D eigenvalue weighted by molar-refractivity contribution is 9.12. The van der Waals surface area contributed by atoms with Gasteiger partial charge in [-0.1, -0.05) is 31.9 Å². The zero-order chi connectivity index (χ0) is 5.98. The number of hydrogen-bond acceptors (Lipinski definition) is 1. The Morgan fingerprint density at radius 3 is 2.50 bits per heavy atom. The smallest absolute Gasteiger partial charge is 0.150 e. The van der Waals surface area contributed by atoms with Crippen molar-refractivity contribution >= 4 is 31.9 Å². The molecule has 1 N–H and O–H groups in total. The van der Waals surface area contributed by atoms with Crippen molar-refractivity contribution in [1.82, 2.24) is 5.32 Å². The van der Waals surface area contributed by atoms with Gasteiger partial charge in [-0.05, 0) is 18.4 Å². The molecule has 0 bridgehead atoms. The normalized spacial score (nSPS) is 20.0. The lowest BCUT2D eigenvalue weighted by Crippen LogP contribution is -2.08. The molecule has 0 saturated carbocycles. The Bertz CT molecular complexity index is 139. The third kappa shape index (κ3) is 1.63. The first-order chi connectivity index (χ1) is 3.79. The van der Waals surface area contributed by atoms with E-state index in [1.165, 1.54) is 0 Å². The van der Waals surface area contributed by atoms with E-state index in [1.807, 2.05) is 18.4 Å². The van der Waals surface area contributed by atoms with Crippen molar-refractivity contribution in [3.8, 4) is 0 Å². The summed E-state index contributed by atoms with van der Waals surface area (Å²) in [6.07, 6.45) is 5.74. The van der Waals surface area contributed by atoms with Gasteiger partial charge in [-0.3, -0.25) is 0 Å². The van der Waals surface area contributed by atoms with E-state index >= 15 is 0 Å². The molecule has 0 amide bonds. The Morgan fingerprint density at radius 2 is 2.12 bits per heavy atom. The summed E-state index contributed by atoms with van der Waals surface area (Å²) in [7, 11) is 0. The van der Waals surface area contributed by atoms with Crippen LogP contribution in [0.2, 0.25) is 0 Å². The molecule has 3 heteroatoms. The lowest BCUT2D eigenvalue weighted by atomic mass is 10.4. The molecule has 1 aliphatic heterocycles. The van der Waals surface area contributed by atoms with E-state index in [9.17, 15) is 0 Å². The summed E-state index contributed by atoms with van der Waals surface area (Å²) in [6, 6.07) is 0. The first-order valence-corrected chi connectivity index (χ1v) is 3.70. The van der Waals surface area contributed by atoms with E-state index in [2.05, 4.69) is 37.2 Å². The number of rotatable bonds is 0. The van der Waals surface area contributed by atoms with Crippen LogP contribution in [0.1, 0.15) is 0 Å². The first-order valence-electron chi connectivity index (χ1n) is 2.12. The summed E-state index contributed by atoms with van der Waals surface area (Å²) in [6.45, 7) is 0. The van der Waals surface area contributed by atoms with Gasteiger partial charge >= 0.3 is 0 Å². The fourth-order valence-electron chi connectivity index (χ4n) is 0.412. The van der Waals surface area contributed by atoms with Crippen LogP contribution in [0.25, 0.3) is 0 Å². The number of allylic oxidation sites excluding steroid dienone is 2. The average Bonchev–Trinajstić information content (AvgIpc) is 1.64. The van der Waals surface area contributed by atoms with Crippen molar-refractivity contribution in [2.24, 2.45) is 0 Å². The summed E-state index contributed by atoms with van der Waals surface area (Å²) in [4.78, 5) is 0.979. The topological polar surface area (TPSA) is 12.0 Å². The number of nitrogens with one attached hydrogen (secondary N) is 1. The number of halogens is 2. The molecule has 0 aromatic carbocycles. The molecule has 1 heterocycles. The standard InChI is InChI=1S/C5H4Br2N/c6-4-1-2-8-5(7)3-4/h1-3,8H. The van der Waals surface area contributed by atoms with Crippen LogP contribution in [0.5, 0.6) is 0 Å². The third-order valence-corrected chi connectivity index (χ3v) is 1.68. The fourth-order valence-corrected chi connectivity index (χ4v) is 1.46. The van der Waals surface area contributed by atoms with Gasteiger partial charge in [-0.2, -0.15) is 0 Å². The van der Waals surface area contributed by atoms with E-state index < -0.39 is 0 Å². The molecule has 0 saturated heterocycles. The van der Waals surface area contributed by atoms with Crippen LogP contribution in [-0.4, -0.2) is 0 Å². The molecule has 0 aliphatic carbocycles. The molecule has 1 rings (SSSR count). The largest absolute Gasteiger partial charge is 0.370 e. The van der Waals surface area contributed by atoms with Crippen LogP contribution in [0.4, 0.5) is 0 Å². The fraction of sp³-hybridized carbons (Fsp3) is 0. The monoisotopic (exact) mass is 236 g/mol. The van der Waals surface area contributed by atoms with Gasteiger partial charge in [-0.15, -0.1) is 0 Å². The van der Waals surface area contributed by atoms with Crippen molar-refractivity contribution in [3.05, 3.63) is 27.8 Å². The molecular weight excluding hydrogens is 234 g/mol. The minimum Gasteiger partial charge on any atom is -0.370 e. The molecule has 1 nitrogen and oxygen atoms in total. The summed E-state index contributed by atoms with van der Waals surface area (Å²) in [5.74, 6) is 0. The lowest BCUT2D eigenvalue weighted by molar-refractivity contribution is 1.06. The van der Waals surface area contributed by atoms with Crippen molar-refractivity contribution in [1.29, 1.82) is 0 Å². The predicted molar refractivity (Wildman–Crippen MR) is 41.5 cm³/mol. The Kier molecular flexibility index (Phi) is 2.14. The van der Waals surface area contributed by atoms with Crippen molar-refractivity contribution < 1.29 is 0 Å². The molecule has 0 aromatic heterocycles. The second kappa shape index (κ2) is 2.69. The Hall–Kier alpha value is 0.240. The number of dihydropyridines is 1. The van der Waals surface area contributed by atoms with Crippen LogP contribution in [0.3, 0.4) is 0 Å². The van der Waals surface area contributed by atoms with Crippen LogP contribution < -0.4 is 5.32 Å². The quantitative estimate of drug-likeness (QED) is 0.638. The van der Waals surface area contributed by atoms with Crippen LogP contribution in [0.15, 0.2) is 22.8 Å². The van der Waals surface area contributed by atoms with Crippen molar-refractivity contribution in [2.75, 3.05) is 0 Å². The van der Waals surface area contributed by atoms with Gasteiger partial charge in [0.1, 0.15) is 4.95 Å². The average molecular weight is 238 g/mol. The summed E-state index contributed by atoms with van der Waals surface area (Å²) in [5, 5.41) is 2.96. The van der Waals surface area contributed by atoms with Gasteiger partial charge in [0.2, 0.25) is 0 Å². The molecule has 0 spiro atoms. The minimum atomic E-state index is 0.979. The molecule has 0 aromatic rings. The van der Waals surface area contributed by atoms with Crippen LogP contribution >= 0.6 is 31.9 Å². The maximum Gasteiger partial charge on any atom is 0.150 e. The minimum absolute atomic E-state index is 0.979. The zero-order valence-corrected chi connectivity index (χ0v) is 7.16. The second-order valence-electron chi connectivity index (χ2n) is 1.35. The predicted octanol–water partition coefficient (Wildman–Crippen LogP) is 2.27. The molecule has 8 heavy (non-hydrogen) atoms. The molecule has 1 radical (unpaired) electrons. The Morgan fingerprint density at radius 1 is 1.38 bits per heavy atom. The van der Waals surface area contributed by atoms with Crippen molar-refractivity contribution in [2.45, 2.75) is 0 Å². The maximum absolute atomic E-state index is 3.31. The van der Waals surface area contributed by atoms with E-state index in [4.69, 9.17) is 0 Å². The van der Waals surface area contributed by atoms with Gasteiger partial charge in [0, 0.05) is 4.48 Å². The van der Waals surface area contributed by atoms with E-state index in [1.54, 1.807) is 0 Å². The lowest BCUT2D eigenvalue weighted by Gasteiger charge is -2.06. The number of hydrogen-bond donors (Lipinski definition) is 1. The highest BCUT2D eigenvalue weighted by atomic mass is 79.9. The summed E-state index contributed by atoms with van der Waals surface area (Å²) < 4.78 is 1.07. The third-order valence-electron chi connectivity index (χ3n) is 0.728. The zero-order valence-electron chi connectivity index (χ0n) is 3.99. The van der Waals surface area contributed by atoms with Gasteiger partial charge in [0.25, 0.3) is 0 Å². The van der Waals surface area contributed by atoms with E-state index in [0.717, 1.165) is 9.43 Å². The second-order valence-corrected chi connectivity index (χ2v) is 3.12. The van der Waals surface area contributed by atoms with Crippen LogP contribution in [0, 0.1) is 4.95 Å². The van der Waals surface area contributed by atoms with E-state index in [-0.39, 0.29) is 0 Å². The summed E-state index contributed by atoms with van der Waals surface area (Å²) in [5.41, 5.74) is 0. The Balaban J connectivity index is 2.63. The molecule has 0 atom stereocenters. The van der Waals surface area contributed by atoms with Gasteiger partial charge in [-0.25, -0.2) is 0 Å². The molecule has 1 aliphatic rings. The van der Waals surface area contributed by atoms with Gasteiger partial charge < -0.3 is 5.32 Å². The van der Waals surface area contributed by atoms with E-state index in [0.29, 0.717) is 0 Å². The molecule has 43 valence electrons.